The first-order chi connectivity index (χ1) is 17.4. The quantitative estimate of drug-likeness (QED) is 0.131. The van der Waals surface area contributed by atoms with E-state index < -0.39 is 17.7 Å². The van der Waals surface area contributed by atoms with Gasteiger partial charge in [0.25, 0.3) is 5.79 Å². The largest absolute Gasteiger partial charge is 0.419 e. The van der Waals surface area contributed by atoms with Gasteiger partial charge in [-0.3, -0.25) is 4.40 Å². The van der Waals surface area contributed by atoms with Crippen LogP contribution in [-0.4, -0.2) is 22.1 Å². The zero-order valence-corrected chi connectivity index (χ0v) is 20.9. The van der Waals surface area contributed by atoms with Gasteiger partial charge in [0.1, 0.15) is 10.4 Å². The zero-order valence-electron chi connectivity index (χ0n) is 19.2. The van der Waals surface area contributed by atoms with Gasteiger partial charge >= 0.3 is 11.9 Å². The standard InChI is InChI=1S/C29H17NO4S2/c1-29(2)33-27(31)19(28(32)34-29)12-15-13-21-25(35-15)23-18-8-5-6-14-10-11-17-16-7-3-4-9-20(16)30(26(23)36-21)24(17)22(14)18/h3-13H,1-2H3. The van der Waals surface area contributed by atoms with Crippen LogP contribution in [0.1, 0.15) is 18.7 Å². The van der Waals surface area contributed by atoms with E-state index in [9.17, 15) is 9.59 Å². The molecule has 4 aromatic heterocycles. The lowest BCUT2D eigenvalue weighted by Crippen LogP contribution is -2.41. The first-order valence-electron chi connectivity index (χ1n) is 11.6. The normalized spacial score (nSPS) is 16.2. The predicted octanol–water partition coefficient (Wildman–Crippen LogP) is 7.49. The van der Waals surface area contributed by atoms with E-state index in [0.29, 0.717) is 0 Å². The van der Waals surface area contributed by atoms with Crippen LogP contribution in [0.4, 0.5) is 0 Å². The van der Waals surface area contributed by atoms with E-state index in [4.69, 9.17) is 9.47 Å². The molecule has 1 aliphatic heterocycles. The number of esters is 2. The molecule has 7 heteroatoms. The molecule has 5 heterocycles. The molecule has 0 spiro atoms. The molecule has 36 heavy (non-hydrogen) atoms. The second-order valence-corrected chi connectivity index (χ2v) is 11.7. The van der Waals surface area contributed by atoms with Crippen molar-refractivity contribution < 1.29 is 19.1 Å². The van der Waals surface area contributed by atoms with Crippen LogP contribution in [0, 0.1) is 0 Å². The molecule has 1 fully saturated rings. The highest BCUT2D eigenvalue weighted by Crippen LogP contribution is 2.48. The third-order valence-electron chi connectivity index (χ3n) is 6.92. The van der Waals surface area contributed by atoms with Crippen LogP contribution < -0.4 is 0 Å². The van der Waals surface area contributed by atoms with E-state index in [0.717, 1.165) is 14.3 Å². The molecule has 7 aromatic rings. The van der Waals surface area contributed by atoms with Crippen molar-refractivity contribution in [3.05, 3.63) is 71.1 Å². The highest BCUT2D eigenvalue weighted by atomic mass is 32.1. The summed E-state index contributed by atoms with van der Waals surface area (Å²) in [7, 11) is 0. The summed E-state index contributed by atoms with van der Waals surface area (Å²) in [6, 6.07) is 21.5. The number of ether oxygens (including phenoxy) is 2. The Morgan fingerprint density at radius 2 is 1.61 bits per heavy atom. The van der Waals surface area contributed by atoms with Crippen molar-refractivity contribution in [1.29, 1.82) is 0 Å². The highest BCUT2D eigenvalue weighted by Gasteiger charge is 2.39. The molecule has 0 amide bonds. The van der Waals surface area contributed by atoms with Crippen molar-refractivity contribution in [2.75, 3.05) is 0 Å². The maximum atomic E-state index is 12.5. The van der Waals surface area contributed by atoms with E-state index in [-0.39, 0.29) is 5.57 Å². The monoisotopic (exact) mass is 507 g/mol. The van der Waals surface area contributed by atoms with Crippen molar-refractivity contribution in [2.45, 2.75) is 19.6 Å². The zero-order chi connectivity index (χ0) is 24.3. The summed E-state index contributed by atoms with van der Waals surface area (Å²) in [5, 5.41) is 7.39. The van der Waals surface area contributed by atoms with E-state index in [1.54, 1.807) is 42.6 Å². The van der Waals surface area contributed by atoms with Crippen LogP contribution >= 0.6 is 22.7 Å². The Bertz CT molecular complexity index is 2100. The number of hydrogen-bond donors (Lipinski definition) is 0. The van der Waals surface area contributed by atoms with Crippen LogP contribution in [0.25, 0.3) is 63.7 Å². The molecular weight excluding hydrogens is 490 g/mol. The summed E-state index contributed by atoms with van der Waals surface area (Å²) >= 11 is 3.31. The minimum absolute atomic E-state index is 0.0809. The Hall–Kier alpha value is -3.94. The number of pyridine rings is 1. The number of aromatic nitrogens is 1. The van der Waals surface area contributed by atoms with Gasteiger partial charge in [0.05, 0.1) is 15.7 Å². The van der Waals surface area contributed by atoms with Crippen molar-refractivity contribution in [3.8, 4) is 0 Å². The average molecular weight is 508 g/mol. The van der Waals surface area contributed by atoms with Gasteiger partial charge in [-0.05, 0) is 29.0 Å². The third-order valence-corrected chi connectivity index (χ3v) is 9.27. The van der Waals surface area contributed by atoms with Gasteiger partial charge in [-0.15, -0.1) is 22.7 Å². The fourth-order valence-corrected chi connectivity index (χ4v) is 8.16. The molecule has 0 unspecified atom stereocenters. The number of cyclic esters (lactones) is 2. The van der Waals surface area contributed by atoms with Gasteiger partial charge in [0.2, 0.25) is 0 Å². The number of rotatable bonds is 1. The summed E-state index contributed by atoms with van der Waals surface area (Å²) in [6.45, 7) is 3.10. The minimum Gasteiger partial charge on any atom is -0.419 e. The molecule has 0 bridgehead atoms. The molecule has 0 aliphatic carbocycles. The Labute approximate surface area is 212 Å². The van der Waals surface area contributed by atoms with Gasteiger partial charge < -0.3 is 9.47 Å². The fourth-order valence-electron chi connectivity index (χ4n) is 5.53. The highest BCUT2D eigenvalue weighted by molar-refractivity contribution is 7.33. The Kier molecular flexibility index (Phi) is 3.73. The number of para-hydroxylation sites is 1. The Morgan fingerprint density at radius 1 is 0.833 bits per heavy atom. The lowest BCUT2D eigenvalue weighted by molar-refractivity contribution is -0.222. The second kappa shape index (κ2) is 6.63. The van der Waals surface area contributed by atoms with Gasteiger partial charge in [0, 0.05) is 45.0 Å². The number of carbonyl (C=O) groups excluding carboxylic acids is 2. The maximum Gasteiger partial charge on any atom is 0.348 e. The third kappa shape index (κ3) is 2.54. The van der Waals surface area contributed by atoms with Gasteiger partial charge in [-0.25, -0.2) is 9.59 Å². The number of hydrogen-bond acceptors (Lipinski definition) is 6. The molecule has 174 valence electrons. The Morgan fingerprint density at radius 3 is 2.44 bits per heavy atom. The Balaban J connectivity index is 1.46. The van der Waals surface area contributed by atoms with Crippen molar-refractivity contribution in [2.24, 2.45) is 0 Å². The van der Waals surface area contributed by atoms with E-state index >= 15 is 0 Å². The molecular formula is C29H17NO4S2. The van der Waals surface area contributed by atoms with E-state index in [1.807, 2.05) is 6.07 Å². The summed E-state index contributed by atoms with van der Waals surface area (Å²) in [5.41, 5.74) is 2.37. The number of fused-ring (bicyclic) bond motifs is 8. The molecule has 0 saturated carbocycles. The van der Waals surface area contributed by atoms with Gasteiger partial charge in [-0.1, -0.05) is 48.5 Å². The number of benzene rings is 3. The van der Waals surface area contributed by atoms with Gasteiger partial charge in [0.15, 0.2) is 0 Å². The van der Waals surface area contributed by atoms with Gasteiger partial charge in [-0.2, -0.15) is 0 Å². The predicted molar refractivity (Wildman–Crippen MR) is 146 cm³/mol. The average Bonchev–Trinajstić information content (AvgIpc) is 3.49. The summed E-state index contributed by atoms with van der Waals surface area (Å²) in [5.74, 6) is -2.57. The topological polar surface area (TPSA) is 57.0 Å². The summed E-state index contributed by atoms with van der Waals surface area (Å²) < 4.78 is 15.2. The second-order valence-electron chi connectivity index (χ2n) is 9.58. The van der Waals surface area contributed by atoms with Crippen LogP contribution in [0.3, 0.4) is 0 Å². The number of nitrogens with zero attached hydrogens (tertiary/aromatic N) is 1. The van der Waals surface area contributed by atoms with Crippen LogP contribution in [-0.2, 0) is 19.1 Å². The molecule has 0 atom stereocenters. The van der Waals surface area contributed by atoms with Crippen molar-refractivity contribution in [3.63, 3.8) is 0 Å². The molecule has 0 N–H and O–H groups in total. The van der Waals surface area contributed by atoms with Crippen LogP contribution in [0.15, 0.2) is 66.2 Å². The van der Waals surface area contributed by atoms with Crippen molar-refractivity contribution >= 4 is 98.3 Å². The minimum atomic E-state index is -1.25. The molecule has 1 aliphatic rings. The van der Waals surface area contributed by atoms with E-state index in [1.165, 1.54) is 48.2 Å². The molecule has 1 saturated heterocycles. The van der Waals surface area contributed by atoms with Crippen molar-refractivity contribution in [1.82, 2.24) is 4.40 Å². The summed E-state index contributed by atoms with van der Waals surface area (Å²) in [6.07, 6.45) is 1.59. The first-order valence-corrected chi connectivity index (χ1v) is 13.2. The molecule has 0 radical (unpaired) electrons. The lowest BCUT2D eigenvalue weighted by Gasteiger charge is -2.29. The van der Waals surface area contributed by atoms with Crippen LogP contribution in [0.2, 0.25) is 0 Å². The first kappa shape index (κ1) is 20.3. The van der Waals surface area contributed by atoms with Crippen LogP contribution in [0.5, 0.6) is 0 Å². The SMILES string of the molecule is CC1(C)OC(=O)C(=Cc2cc3sc4c(c5cccc6ccc7c8ccccc8n4c7c65)c3s2)C(=O)O1. The fraction of sp³-hybridized carbons (Fsp3) is 0.103. The molecule has 3 aromatic carbocycles. The lowest BCUT2D eigenvalue weighted by atomic mass is 10.0. The molecule has 8 rings (SSSR count). The smallest absolute Gasteiger partial charge is 0.348 e. The number of carbonyl (C=O) groups is 2. The number of thiophene rings is 2. The molecule has 5 nitrogen and oxygen atoms in total. The maximum absolute atomic E-state index is 12.5. The summed E-state index contributed by atoms with van der Waals surface area (Å²) in [4.78, 5) is 27.0. The van der Waals surface area contributed by atoms with E-state index in [2.05, 4.69) is 59.0 Å².